The zero-order valence-corrected chi connectivity index (χ0v) is 15.2. The number of benzene rings is 1. The number of hydrogen-bond donors (Lipinski definition) is 1. The predicted octanol–water partition coefficient (Wildman–Crippen LogP) is 2.30. The molecule has 1 amide bonds. The average molecular weight is 392 g/mol. The van der Waals surface area contributed by atoms with Crippen molar-refractivity contribution in [1.82, 2.24) is 5.32 Å². The quantitative estimate of drug-likeness (QED) is 0.655. The number of halogens is 1. The van der Waals surface area contributed by atoms with E-state index in [1.807, 2.05) is 19.9 Å². The molecule has 0 aromatic heterocycles. The first-order valence-electron chi connectivity index (χ1n) is 7.11. The van der Waals surface area contributed by atoms with E-state index in [-0.39, 0.29) is 11.9 Å². The molecule has 0 unspecified atom stereocenters. The van der Waals surface area contributed by atoms with Gasteiger partial charge in [0.2, 0.25) is 5.91 Å². The SMILES string of the molecule is CC(C)OCCCNC(=O)CS(=O)(=O)Cc1cccc(Br)c1. The summed E-state index contributed by atoms with van der Waals surface area (Å²) in [6.45, 7) is 4.83. The van der Waals surface area contributed by atoms with Gasteiger partial charge in [-0.2, -0.15) is 0 Å². The van der Waals surface area contributed by atoms with Crippen LogP contribution in [0.2, 0.25) is 0 Å². The first kappa shape index (κ1) is 19.1. The van der Waals surface area contributed by atoms with Crippen LogP contribution >= 0.6 is 15.9 Å². The molecule has 0 atom stereocenters. The van der Waals surface area contributed by atoms with Gasteiger partial charge in [-0.25, -0.2) is 8.42 Å². The summed E-state index contributed by atoms with van der Waals surface area (Å²) >= 11 is 3.29. The van der Waals surface area contributed by atoms with E-state index in [0.29, 0.717) is 25.1 Å². The van der Waals surface area contributed by atoms with Crippen LogP contribution in [0.4, 0.5) is 0 Å². The van der Waals surface area contributed by atoms with Gasteiger partial charge >= 0.3 is 0 Å². The molecular weight excluding hydrogens is 370 g/mol. The summed E-state index contributed by atoms with van der Waals surface area (Å²) in [7, 11) is -3.47. The number of rotatable bonds is 9. The molecule has 0 saturated carbocycles. The number of ether oxygens (including phenoxy) is 1. The Kier molecular flexibility index (Phi) is 8.06. The highest BCUT2D eigenvalue weighted by atomic mass is 79.9. The molecular formula is C15H22BrNO4S. The monoisotopic (exact) mass is 391 g/mol. The van der Waals surface area contributed by atoms with Gasteiger partial charge in [0.15, 0.2) is 9.84 Å². The molecule has 0 aliphatic heterocycles. The topological polar surface area (TPSA) is 72.5 Å². The van der Waals surface area contributed by atoms with Gasteiger partial charge in [-0.1, -0.05) is 28.1 Å². The van der Waals surface area contributed by atoms with Gasteiger partial charge in [0.05, 0.1) is 11.9 Å². The first-order valence-corrected chi connectivity index (χ1v) is 9.73. The molecule has 0 radical (unpaired) electrons. The molecule has 1 rings (SSSR count). The van der Waals surface area contributed by atoms with Gasteiger partial charge in [-0.05, 0) is 38.0 Å². The minimum Gasteiger partial charge on any atom is -0.379 e. The zero-order valence-electron chi connectivity index (χ0n) is 12.8. The van der Waals surface area contributed by atoms with Crippen molar-refractivity contribution in [3.8, 4) is 0 Å². The highest BCUT2D eigenvalue weighted by molar-refractivity contribution is 9.10. The number of sulfone groups is 1. The summed E-state index contributed by atoms with van der Waals surface area (Å²) < 4.78 is 30.2. The number of carbonyl (C=O) groups excluding carboxylic acids is 1. The molecule has 7 heteroatoms. The molecule has 0 heterocycles. The third kappa shape index (κ3) is 8.51. The van der Waals surface area contributed by atoms with Gasteiger partial charge in [-0.3, -0.25) is 4.79 Å². The second kappa shape index (κ2) is 9.27. The molecule has 0 aliphatic rings. The van der Waals surface area contributed by atoms with E-state index >= 15 is 0 Å². The normalized spacial score (nSPS) is 11.6. The van der Waals surface area contributed by atoms with E-state index in [1.54, 1.807) is 18.2 Å². The molecule has 22 heavy (non-hydrogen) atoms. The average Bonchev–Trinajstić information content (AvgIpc) is 2.36. The lowest BCUT2D eigenvalue weighted by atomic mass is 10.2. The molecule has 1 aromatic carbocycles. The summed E-state index contributed by atoms with van der Waals surface area (Å²) in [6, 6.07) is 7.05. The number of carbonyl (C=O) groups is 1. The Balaban J connectivity index is 2.36. The molecule has 5 nitrogen and oxygen atoms in total. The van der Waals surface area contributed by atoms with Crippen molar-refractivity contribution in [2.75, 3.05) is 18.9 Å². The van der Waals surface area contributed by atoms with E-state index in [0.717, 1.165) is 4.47 Å². The van der Waals surface area contributed by atoms with E-state index in [4.69, 9.17) is 4.74 Å². The van der Waals surface area contributed by atoms with Crippen molar-refractivity contribution in [3.05, 3.63) is 34.3 Å². The van der Waals surface area contributed by atoms with E-state index in [2.05, 4.69) is 21.2 Å². The van der Waals surface area contributed by atoms with Crippen LogP contribution in [0.3, 0.4) is 0 Å². The molecule has 0 fully saturated rings. The van der Waals surface area contributed by atoms with Crippen molar-refractivity contribution in [1.29, 1.82) is 0 Å². The Morgan fingerprint density at radius 1 is 1.36 bits per heavy atom. The summed E-state index contributed by atoms with van der Waals surface area (Å²) in [6.07, 6.45) is 0.816. The fourth-order valence-corrected chi connectivity index (χ4v) is 3.54. The fourth-order valence-electron chi connectivity index (χ4n) is 1.80. The molecule has 1 N–H and O–H groups in total. The van der Waals surface area contributed by atoms with Gasteiger partial charge in [0.25, 0.3) is 0 Å². The number of hydrogen-bond acceptors (Lipinski definition) is 4. The maximum Gasteiger partial charge on any atom is 0.235 e. The lowest BCUT2D eigenvalue weighted by Gasteiger charge is -2.09. The number of nitrogens with one attached hydrogen (secondary N) is 1. The predicted molar refractivity (Wildman–Crippen MR) is 90.3 cm³/mol. The summed E-state index contributed by atoms with van der Waals surface area (Å²) in [5, 5.41) is 2.60. The second-order valence-electron chi connectivity index (χ2n) is 5.29. The zero-order chi connectivity index (χ0) is 16.6. The summed E-state index contributed by atoms with van der Waals surface area (Å²) in [5.41, 5.74) is 0.660. The molecule has 124 valence electrons. The molecule has 0 bridgehead atoms. The van der Waals surface area contributed by atoms with Gasteiger partial charge in [0.1, 0.15) is 5.75 Å². The minimum atomic E-state index is -3.47. The van der Waals surface area contributed by atoms with Crippen molar-refractivity contribution in [2.45, 2.75) is 32.1 Å². The van der Waals surface area contributed by atoms with Crippen molar-refractivity contribution >= 4 is 31.7 Å². The lowest BCUT2D eigenvalue weighted by molar-refractivity contribution is -0.118. The van der Waals surface area contributed by atoms with Crippen LogP contribution in [0.1, 0.15) is 25.8 Å². The van der Waals surface area contributed by atoms with E-state index < -0.39 is 21.5 Å². The maximum absolute atomic E-state index is 12.0. The standard InChI is InChI=1S/C15H22BrNO4S/c1-12(2)21-8-4-7-17-15(18)11-22(19,20)10-13-5-3-6-14(16)9-13/h3,5-6,9,12H,4,7-8,10-11H2,1-2H3,(H,17,18). The van der Waals surface area contributed by atoms with Crippen molar-refractivity contribution in [3.63, 3.8) is 0 Å². The van der Waals surface area contributed by atoms with Crippen LogP contribution < -0.4 is 5.32 Å². The van der Waals surface area contributed by atoms with Crippen LogP contribution in [0.15, 0.2) is 28.7 Å². The minimum absolute atomic E-state index is 0.143. The summed E-state index contributed by atoms with van der Waals surface area (Å²) in [4.78, 5) is 11.7. The first-order chi connectivity index (χ1) is 10.3. The highest BCUT2D eigenvalue weighted by Gasteiger charge is 2.17. The largest absolute Gasteiger partial charge is 0.379 e. The number of amides is 1. The molecule has 0 saturated heterocycles. The van der Waals surface area contributed by atoms with Gasteiger partial charge < -0.3 is 10.1 Å². The second-order valence-corrected chi connectivity index (χ2v) is 8.27. The Morgan fingerprint density at radius 2 is 2.09 bits per heavy atom. The van der Waals surface area contributed by atoms with Crippen molar-refractivity contribution in [2.24, 2.45) is 0 Å². The maximum atomic E-state index is 12.0. The Labute approximate surface area is 140 Å². The van der Waals surface area contributed by atoms with Gasteiger partial charge in [0, 0.05) is 17.6 Å². The lowest BCUT2D eigenvalue weighted by Crippen LogP contribution is -2.32. The molecule has 0 spiro atoms. The van der Waals surface area contributed by atoms with Crippen LogP contribution in [-0.4, -0.2) is 39.3 Å². The highest BCUT2D eigenvalue weighted by Crippen LogP contribution is 2.14. The molecule has 0 aliphatic carbocycles. The van der Waals surface area contributed by atoms with Crippen LogP contribution in [0, 0.1) is 0 Å². The van der Waals surface area contributed by atoms with Crippen LogP contribution in [0.25, 0.3) is 0 Å². The Hall–Kier alpha value is -0.920. The van der Waals surface area contributed by atoms with Crippen LogP contribution in [-0.2, 0) is 25.1 Å². The van der Waals surface area contributed by atoms with Crippen molar-refractivity contribution < 1.29 is 17.9 Å². The Bertz CT molecular complexity index is 587. The van der Waals surface area contributed by atoms with Crippen LogP contribution in [0.5, 0.6) is 0 Å². The van der Waals surface area contributed by atoms with E-state index in [9.17, 15) is 13.2 Å². The fraction of sp³-hybridized carbons (Fsp3) is 0.533. The molecule has 1 aromatic rings. The smallest absolute Gasteiger partial charge is 0.235 e. The van der Waals surface area contributed by atoms with Gasteiger partial charge in [-0.15, -0.1) is 0 Å². The third-order valence-electron chi connectivity index (χ3n) is 2.72. The third-order valence-corrected chi connectivity index (χ3v) is 4.69. The Morgan fingerprint density at radius 3 is 2.73 bits per heavy atom. The van der Waals surface area contributed by atoms with E-state index in [1.165, 1.54) is 0 Å². The summed E-state index contributed by atoms with van der Waals surface area (Å²) in [5.74, 6) is -1.11.